The number of nitrogens with one attached hydrogen (secondary N) is 3. The molecule has 1 fully saturated rings. The maximum atomic E-state index is 11.7. The fourth-order valence-electron chi connectivity index (χ4n) is 2.52. The number of hydrogen-bond acceptors (Lipinski definition) is 3. The van der Waals surface area contributed by atoms with Gasteiger partial charge in [0.15, 0.2) is 5.96 Å². The van der Waals surface area contributed by atoms with Crippen LogP contribution >= 0.6 is 11.6 Å². The molecule has 0 saturated heterocycles. The second-order valence-electron chi connectivity index (χ2n) is 6.20. The van der Waals surface area contributed by atoms with Crippen LogP contribution in [0, 0.1) is 5.92 Å². The van der Waals surface area contributed by atoms with E-state index in [2.05, 4.69) is 25.9 Å². The Kier molecular flexibility index (Phi) is 8.52. The number of rotatable bonds is 9. The molecule has 6 nitrogen and oxygen atoms in total. The van der Waals surface area contributed by atoms with Crippen LogP contribution in [0.25, 0.3) is 0 Å². The summed E-state index contributed by atoms with van der Waals surface area (Å²) in [7, 11) is 0. The van der Waals surface area contributed by atoms with Crippen molar-refractivity contribution in [3.05, 3.63) is 29.0 Å². The topological polar surface area (TPSA) is 78.4 Å². The van der Waals surface area contributed by atoms with Crippen LogP contribution < -0.4 is 16.0 Å². The number of guanidine groups is 1. The first-order valence-electron chi connectivity index (χ1n) is 9.09. The van der Waals surface area contributed by atoms with E-state index in [1.807, 2.05) is 13.0 Å². The first kappa shape index (κ1) is 19.5. The molecule has 0 bridgehead atoms. The summed E-state index contributed by atoms with van der Waals surface area (Å²) < 4.78 is 0. The van der Waals surface area contributed by atoms with Crippen molar-refractivity contribution in [3.8, 4) is 0 Å². The number of carbonyl (C=O) groups is 1. The number of aromatic nitrogens is 1. The number of hydrogen-bond donors (Lipinski definition) is 3. The zero-order valence-electron chi connectivity index (χ0n) is 14.9. The molecule has 0 spiro atoms. The van der Waals surface area contributed by atoms with Crippen molar-refractivity contribution in [2.24, 2.45) is 10.9 Å². The summed E-state index contributed by atoms with van der Waals surface area (Å²) in [6.07, 6.45) is 6.76. The van der Waals surface area contributed by atoms with E-state index in [0.29, 0.717) is 18.2 Å². The predicted molar refractivity (Wildman–Crippen MR) is 102 cm³/mol. The molecule has 1 heterocycles. The highest BCUT2D eigenvalue weighted by Gasteiger charge is 2.24. The van der Waals surface area contributed by atoms with Gasteiger partial charge < -0.3 is 16.0 Å². The van der Waals surface area contributed by atoms with Gasteiger partial charge in [-0.05, 0) is 44.2 Å². The van der Waals surface area contributed by atoms with Crippen LogP contribution in [-0.4, -0.2) is 43.0 Å². The molecule has 1 aliphatic carbocycles. The van der Waals surface area contributed by atoms with Gasteiger partial charge in [0, 0.05) is 38.3 Å². The van der Waals surface area contributed by atoms with Crippen molar-refractivity contribution in [1.82, 2.24) is 20.9 Å². The minimum Gasteiger partial charge on any atom is -0.357 e. The fourth-order valence-corrected chi connectivity index (χ4v) is 2.63. The summed E-state index contributed by atoms with van der Waals surface area (Å²) in [6.45, 7) is 5.00. The van der Waals surface area contributed by atoms with Crippen LogP contribution in [0.5, 0.6) is 0 Å². The van der Waals surface area contributed by atoms with E-state index >= 15 is 0 Å². The molecule has 138 valence electrons. The smallest absolute Gasteiger partial charge is 0.223 e. The largest absolute Gasteiger partial charge is 0.357 e. The molecule has 0 atom stereocenters. The Balaban J connectivity index is 1.63. The van der Waals surface area contributed by atoms with Gasteiger partial charge in [0.1, 0.15) is 5.15 Å². The number of halogens is 1. The first-order valence-corrected chi connectivity index (χ1v) is 9.47. The molecule has 25 heavy (non-hydrogen) atoms. The Morgan fingerprint density at radius 3 is 2.76 bits per heavy atom. The lowest BCUT2D eigenvalue weighted by atomic mass is 9.85. The quantitative estimate of drug-likeness (QED) is 0.271. The lowest BCUT2D eigenvalue weighted by molar-refractivity contribution is -0.127. The van der Waals surface area contributed by atoms with Gasteiger partial charge in [-0.1, -0.05) is 24.1 Å². The highest BCUT2D eigenvalue weighted by molar-refractivity contribution is 6.29. The van der Waals surface area contributed by atoms with E-state index in [1.165, 1.54) is 6.42 Å². The molecule has 7 heteroatoms. The highest BCUT2D eigenvalue weighted by Crippen LogP contribution is 2.25. The molecule has 1 aliphatic rings. The number of carbonyl (C=O) groups excluding carboxylic acids is 1. The van der Waals surface area contributed by atoms with E-state index in [4.69, 9.17) is 11.6 Å². The van der Waals surface area contributed by atoms with Gasteiger partial charge in [-0.2, -0.15) is 0 Å². The van der Waals surface area contributed by atoms with Gasteiger partial charge in [0.25, 0.3) is 0 Å². The van der Waals surface area contributed by atoms with Gasteiger partial charge in [0.2, 0.25) is 5.91 Å². The third kappa shape index (κ3) is 7.30. The standard InChI is InChI=1S/C18H28ClN5O/c1-2-20-18(23-12-9-14-7-8-16(19)24-13-14)22-11-4-10-21-17(25)15-5-3-6-15/h7-8,13,15H,2-6,9-12H2,1H3,(H,21,25)(H2,20,22,23). The van der Waals surface area contributed by atoms with Gasteiger partial charge in [-0.25, -0.2) is 4.98 Å². The maximum Gasteiger partial charge on any atom is 0.223 e. The van der Waals surface area contributed by atoms with Crippen LogP contribution in [0.4, 0.5) is 0 Å². The van der Waals surface area contributed by atoms with Crippen molar-refractivity contribution in [2.75, 3.05) is 26.2 Å². The summed E-state index contributed by atoms with van der Waals surface area (Å²) in [5.74, 6) is 1.26. The Bertz CT molecular complexity index is 557. The molecule has 1 saturated carbocycles. The lowest BCUT2D eigenvalue weighted by Gasteiger charge is -2.23. The average molecular weight is 366 g/mol. The zero-order valence-corrected chi connectivity index (χ0v) is 15.6. The number of nitrogens with zero attached hydrogens (tertiary/aromatic N) is 2. The van der Waals surface area contributed by atoms with Crippen molar-refractivity contribution in [3.63, 3.8) is 0 Å². The lowest BCUT2D eigenvalue weighted by Crippen LogP contribution is -2.38. The monoisotopic (exact) mass is 365 g/mol. The van der Waals surface area contributed by atoms with Gasteiger partial charge >= 0.3 is 0 Å². The van der Waals surface area contributed by atoms with Crippen molar-refractivity contribution in [2.45, 2.75) is 39.0 Å². The Morgan fingerprint density at radius 1 is 1.28 bits per heavy atom. The van der Waals surface area contributed by atoms with E-state index in [9.17, 15) is 4.79 Å². The third-order valence-electron chi connectivity index (χ3n) is 4.22. The number of pyridine rings is 1. The zero-order chi connectivity index (χ0) is 17.9. The summed E-state index contributed by atoms with van der Waals surface area (Å²) >= 11 is 5.79. The second kappa shape index (κ2) is 10.9. The maximum absolute atomic E-state index is 11.7. The first-order chi connectivity index (χ1) is 12.2. The molecule has 0 aliphatic heterocycles. The summed E-state index contributed by atoms with van der Waals surface area (Å²) in [5, 5.41) is 10.0. The normalized spacial score (nSPS) is 14.7. The van der Waals surface area contributed by atoms with Gasteiger partial charge in [-0.3, -0.25) is 9.79 Å². The molecular formula is C18H28ClN5O. The molecule has 1 aromatic heterocycles. The average Bonchev–Trinajstić information content (AvgIpc) is 2.54. The minimum atomic E-state index is 0.205. The molecule has 1 aromatic rings. The van der Waals surface area contributed by atoms with Crippen molar-refractivity contribution >= 4 is 23.5 Å². The van der Waals surface area contributed by atoms with Crippen LogP contribution in [0.2, 0.25) is 5.15 Å². The van der Waals surface area contributed by atoms with E-state index in [-0.39, 0.29) is 11.8 Å². The minimum absolute atomic E-state index is 0.205. The fraction of sp³-hybridized carbons (Fsp3) is 0.611. The van der Waals surface area contributed by atoms with Gasteiger partial charge in [-0.15, -0.1) is 0 Å². The number of aliphatic imine (C=N–C) groups is 1. The highest BCUT2D eigenvalue weighted by atomic mass is 35.5. The summed E-state index contributed by atoms with van der Waals surface area (Å²) in [4.78, 5) is 20.4. The Labute approximate surface area is 154 Å². The molecule has 1 amide bonds. The van der Waals surface area contributed by atoms with Crippen molar-refractivity contribution in [1.29, 1.82) is 0 Å². The Hall–Kier alpha value is -1.82. The predicted octanol–water partition coefficient (Wildman–Crippen LogP) is 2.14. The molecule has 3 N–H and O–H groups in total. The van der Waals surface area contributed by atoms with Crippen LogP contribution in [0.3, 0.4) is 0 Å². The molecular weight excluding hydrogens is 338 g/mol. The number of amides is 1. The van der Waals surface area contributed by atoms with E-state index < -0.39 is 0 Å². The molecule has 0 aromatic carbocycles. The SMILES string of the molecule is CCNC(=NCCCNC(=O)C1CCC1)NCCc1ccc(Cl)nc1. The second-order valence-corrected chi connectivity index (χ2v) is 6.59. The van der Waals surface area contributed by atoms with Crippen LogP contribution in [0.15, 0.2) is 23.3 Å². The third-order valence-corrected chi connectivity index (χ3v) is 4.44. The van der Waals surface area contributed by atoms with E-state index in [0.717, 1.165) is 50.3 Å². The van der Waals surface area contributed by atoms with Gasteiger partial charge in [0.05, 0.1) is 0 Å². The van der Waals surface area contributed by atoms with Crippen molar-refractivity contribution < 1.29 is 4.79 Å². The summed E-state index contributed by atoms with van der Waals surface area (Å²) in [6, 6.07) is 3.78. The van der Waals surface area contributed by atoms with E-state index in [1.54, 1.807) is 12.3 Å². The molecule has 0 unspecified atom stereocenters. The molecule has 2 rings (SSSR count). The Morgan fingerprint density at radius 2 is 2.12 bits per heavy atom. The summed E-state index contributed by atoms with van der Waals surface area (Å²) in [5.41, 5.74) is 1.13. The molecule has 0 radical (unpaired) electrons. The van der Waals surface area contributed by atoms with Crippen LogP contribution in [0.1, 0.15) is 38.2 Å². The van der Waals surface area contributed by atoms with Crippen LogP contribution in [-0.2, 0) is 11.2 Å².